The molecule has 1 heterocycles. The van der Waals surface area contributed by atoms with E-state index in [4.69, 9.17) is 12.2 Å². The van der Waals surface area contributed by atoms with E-state index >= 15 is 0 Å². The monoisotopic (exact) mass is 357 g/mol. The molecule has 4 N–H and O–H groups in total. The highest BCUT2D eigenvalue weighted by atomic mass is 32.1. The lowest BCUT2D eigenvalue weighted by Crippen LogP contribution is -2.51. The summed E-state index contributed by atoms with van der Waals surface area (Å²) in [6.45, 7) is 0. The first kappa shape index (κ1) is 16.0. The first-order chi connectivity index (χ1) is 12.1. The number of aromatic nitrogens is 2. The van der Waals surface area contributed by atoms with Crippen LogP contribution in [0.3, 0.4) is 0 Å². The van der Waals surface area contributed by atoms with Crippen molar-refractivity contribution in [3.8, 4) is 0 Å². The molecule has 0 aliphatic heterocycles. The molecule has 2 bridgehead atoms. The van der Waals surface area contributed by atoms with Crippen LogP contribution in [0.25, 0.3) is 10.8 Å². The molecule has 2 aliphatic carbocycles. The molecule has 0 saturated heterocycles. The van der Waals surface area contributed by atoms with Crippen LogP contribution in [-0.2, 0) is 0 Å². The van der Waals surface area contributed by atoms with Crippen molar-refractivity contribution in [1.29, 1.82) is 0 Å². The third-order valence-electron chi connectivity index (χ3n) is 5.26. The van der Waals surface area contributed by atoms with E-state index in [1.807, 2.05) is 0 Å². The summed E-state index contributed by atoms with van der Waals surface area (Å²) >= 11 is 5.28. The van der Waals surface area contributed by atoms with Crippen molar-refractivity contribution in [2.45, 2.75) is 31.7 Å². The summed E-state index contributed by atoms with van der Waals surface area (Å²) in [7, 11) is 0. The van der Waals surface area contributed by atoms with Gasteiger partial charge in [0.05, 0.1) is 5.39 Å². The van der Waals surface area contributed by atoms with Gasteiger partial charge in [0.1, 0.15) is 0 Å². The smallest absolute Gasteiger partial charge is 0.290 e. The molecule has 2 aliphatic rings. The average Bonchev–Trinajstić information content (AvgIpc) is 3.23. The molecule has 8 heteroatoms. The number of nitrogens with one attached hydrogen (secondary N) is 4. The van der Waals surface area contributed by atoms with Gasteiger partial charge in [-0.1, -0.05) is 24.6 Å². The van der Waals surface area contributed by atoms with Gasteiger partial charge in [-0.3, -0.25) is 20.4 Å². The van der Waals surface area contributed by atoms with Crippen LogP contribution in [0, 0.1) is 11.8 Å². The Kier molecular flexibility index (Phi) is 4.12. The van der Waals surface area contributed by atoms with E-state index in [1.165, 1.54) is 19.3 Å². The van der Waals surface area contributed by atoms with Crippen molar-refractivity contribution in [3.63, 3.8) is 0 Å². The summed E-state index contributed by atoms with van der Waals surface area (Å²) in [5.41, 5.74) is 5.11. The lowest BCUT2D eigenvalue weighted by molar-refractivity contribution is 0.0939. The molecule has 1 amide bonds. The van der Waals surface area contributed by atoms with Gasteiger partial charge < -0.3 is 5.32 Å². The number of amides is 1. The molecule has 2 aromatic rings. The summed E-state index contributed by atoms with van der Waals surface area (Å²) < 4.78 is 0. The Labute approximate surface area is 149 Å². The minimum Gasteiger partial charge on any atom is -0.358 e. The zero-order chi connectivity index (χ0) is 17.4. The third kappa shape index (κ3) is 3.09. The van der Waals surface area contributed by atoms with Gasteiger partial charge in [0.25, 0.3) is 11.5 Å². The number of H-pyrrole nitrogens is 1. The van der Waals surface area contributed by atoms with Gasteiger partial charge in [-0.05, 0) is 49.4 Å². The highest BCUT2D eigenvalue weighted by Crippen LogP contribution is 2.44. The first-order valence-corrected chi connectivity index (χ1v) is 8.87. The van der Waals surface area contributed by atoms with Crippen LogP contribution in [-0.4, -0.2) is 27.3 Å². The number of fused-ring (bicyclic) bond motifs is 3. The minimum absolute atomic E-state index is 0.144. The van der Waals surface area contributed by atoms with Gasteiger partial charge in [-0.25, -0.2) is 5.10 Å². The SMILES string of the molecule is O=C(NNC(=S)N[C@H]1C[C@@H]2CC[C@@H]1C2)c1n[nH]c(=O)c2ccccc12. The number of hydrogen-bond acceptors (Lipinski definition) is 4. The molecule has 1 aromatic heterocycles. The standard InChI is InChI=1S/C17H19N5O2S/c23-15-12-4-2-1-3-11(12)14(19-20-15)16(24)21-22-17(25)18-13-8-9-5-6-10(13)7-9/h1-4,9-10,13H,5-8H2,(H,20,23)(H,21,24)(H2,18,22,25)/t9-,10-,13+/m1/s1. The van der Waals surface area contributed by atoms with E-state index in [9.17, 15) is 9.59 Å². The number of nitrogens with zero attached hydrogens (tertiary/aromatic N) is 1. The second-order valence-corrected chi connectivity index (χ2v) is 7.19. The molecular weight excluding hydrogens is 338 g/mol. The molecule has 1 aromatic carbocycles. The summed E-state index contributed by atoms with van der Waals surface area (Å²) in [6.07, 6.45) is 5.00. The Morgan fingerprint density at radius 1 is 1.16 bits per heavy atom. The van der Waals surface area contributed by atoms with E-state index in [1.54, 1.807) is 24.3 Å². The van der Waals surface area contributed by atoms with Crippen LogP contribution in [0.15, 0.2) is 29.1 Å². The van der Waals surface area contributed by atoms with Crippen LogP contribution in [0.1, 0.15) is 36.2 Å². The molecule has 25 heavy (non-hydrogen) atoms. The Hall–Kier alpha value is -2.48. The maximum Gasteiger partial charge on any atom is 0.290 e. The largest absolute Gasteiger partial charge is 0.358 e. The molecule has 0 radical (unpaired) electrons. The van der Waals surface area contributed by atoms with Crippen molar-refractivity contribution in [3.05, 3.63) is 40.3 Å². The third-order valence-corrected chi connectivity index (χ3v) is 5.48. The van der Waals surface area contributed by atoms with Crippen molar-refractivity contribution in [1.82, 2.24) is 26.4 Å². The number of hydrazine groups is 1. The van der Waals surface area contributed by atoms with Crippen LogP contribution in [0.4, 0.5) is 0 Å². The zero-order valence-corrected chi connectivity index (χ0v) is 14.4. The number of rotatable bonds is 2. The Balaban J connectivity index is 1.40. The molecule has 2 saturated carbocycles. The highest BCUT2D eigenvalue weighted by molar-refractivity contribution is 7.80. The molecule has 130 valence electrons. The molecule has 4 rings (SSSR count). The maximum absolute atomic E-state index is 12.4. The van der Waals surface area contributed by atoms with Crippen molar-refractivity contribution >= 4 is 34.0 Å². The van der Waals surface area contributed by atoms with Crippen molar-refractivity contribution in [2.75, 3.05) is 0 Å². The Morgan fingerprint density at radius 2 is 1.96 bits per heavy atom. The summed E-state index contributed by atoms with van der Waals surface area (Å²) in [4.78, 5) is 24.2. The fourth-order valence-corrected chi connectivity index (χ4v) is 4.29. The predicted octanol–water partition coefficient (Wildman–Crippen LogP) is 1.22. The van der Waals surface area contributed by atoms with Gasteiger partial charge in [0.15, 0.2) is 10.8 Å². The van der Waals surface area contributed by atoms with E-state index < -0.39 is 5.91 Å². The molecular formula is C17H19N5O2S. The quantitative estimate of drug-likeness (QED) is 0.476. The summed E-state index contributed by atoms with van der Waals surface area (Å²) in [6, 6.07) is 7.24. The molecule has 2 fully saturated rings. The molecule has 0 spiro atoms. The van der Waals surface area contributed by atoms with Gasteiger partial charge in [0, 0.05) is 11.4 Å². The number of thiocarbonyl (C=S) groups is 1. The summed E-state index contributed by atoms with van der Waals surface area (Å²) in [5, 5.41) is 10.8. The second kappa shape index (κ2) is 6.44. The number of aromatic amines is 1. The van der Waals surface area contributed by atoms with Crippen LogP contribution >= 0.6 is 12.2 Å². The number of carbonyl (C=O) groups excluding carboxylic acids is 1. The van der Waals surface area contributed by atoms with Gasteiger partial charge in [-0.2, -0.15) is 5.10 Å². The highest BCUT2D eigenvalue weighted by Gasteiger charge is 2.39. The van der Waals surface area contributed by atoms with Crippen LogP contribution in [0.2, 0.25) is 0 Å². The lowest BCUT2D eigenvalue weighted by Gasteiger charge is -2.24. The van der Waals surface area contributed by atoms with Gasteiger partial charge >= 0.3 is 0 Å². The fraction of sp³-hybridized carbons (Fsp3) is 0.412. The minimum atomic E-state index is -0.454. The number of hydrogen-bond donors (Lipinski definition) is 4. The second-order valence-electron chi connectivity index (χ2n) is 6.78. The Morgan fingerprint density at radius 3 is 2.68 bits per heavy atom. The molecule has 0 unspecified atom stereocenters. The molecule has 7 nitrogen and oxygen atoms in total. The lowest BCUT2D eigenvalue weighted by atomic mass is 9.96. The van der Waals surface area contributed by atoms with Crippen LogP contribution in [0.5, 0.6) is 0 Å². The molecule has 3 atom stereocenters. The maximum atomic E-state index is 12.4. The van der Waals surface area contributed by atoms with E-state index in [-0.39, 0.29) is 11.3 Å². The van der Waals surface area contributed by atoms with Gasteiger partial charge in [-0.15, -0.1) is 0 Å². The zero-order valence-electron chi connectivity index (χ0n) is 13.5. The topological polar surface area (TPSA) is 98.9 Å². The van der Waals surface area contributed by atoms with E-state index in [2.05, 4.69) is 26.4 Å². The van der Waals surface area contributed by atoms with Crippen LogP contribution < -0.4 is 21.7 Å². The average molecular weight is 357 g/mol. The number of benzene rings is 1. The van der Waals surface area contributed by atoms with E-state index in [0.29, 0.717) is 27.8 Å². The number of carbonyl (C=O) groups is 1. The summed E-state index contributed by atoms with van der Waals surface area (Å²) in [5.74, 6) is 1.05. The van der Waals surface area contributed by atoms with Crippen molar-refractivity contribution in [2.24, 2.45) is 11.8 Å². The van der Waals surface area contributed by atoms with Gasteiger partial charge in [0.2, 0.25) is 0 Å². The van der Waals surface area contributed by atoms with Crippen molar-refractivity contribution < 1.29 is 4.79 Å². The predicted molar refractivity (Wildman–Crippen MR) is 97.9 cm³/mol. The normalized spacial score (nSPS) is 24.2. The van der Waals surface area contributed by atoms with E-state index in [0.717, 1.165) is 12.3 Å². The first-order valence-electron chi connectivity index (χ1n) is 8.46. The fourth-order valence-electron chi connectivity index (χ4n) is 4.09. The Bertz CT molecular complexity index is 896.